The summed E-state index contributed by atoms with van der Waals surface area (Å²) in [7, 11) is 0. The Bertz CT molecular complexity index is 1040. The molecular formula is C18H18N5O+. The van der Waals surface area contributed by atoms with E-state index < -0.39 is 0 Å². The van der Waals surface area contributed by atoms with Gasteiger partial charge in [-0.25, -0.2) is 4.57 Å². The maximum atomic E-state index is 12.9. The first-order valence-electron chi connectivity index (χ1n) is 8.26. The zero-order valence-corrected chi connectivity index (χ0v) is 13.3. The number of rotatable bonds is 1. The summed E-state index contributed by atoms with van der Waals surface area (Å²) in [6.07, 6.45) is 7.15. The Morgan fingerprint density at radius 3 is 2.83 bits per heavy atom. The van der Waals surface area contributed by atoms with Crippen molar-refractivity contribution in [2.45, 2.75) is 38.1 Å². The summed E-state index contributed by atoms with van der Waals surface area (Å²) in [5, 5.41) is 9.87. The van der Waals surface area contributed by atoms with Gasteiger partial charge in [0, 0.05) is 6.20 Å². The van der Waals surface area contributed by atoms with E-state index in [2.05, 4.69) is 11.1 Å². The van der Waals surface area contributed by atoms with Gasteiger partial charge in [0.1, 0.15) is 17.0 Å². The van der Waals surface area contributed by atoms with Crippen LogP contribution in [0.25, 0.3) is 16.7 Å². The van der Waals surface area contributed by atoms with Gasteiger partial charge in [0.15, 0.2) is 0 Å². The van der Waals surface area contributed by atoms with Crippen molar-refractivity contribution in [2.75, 3.05) is 5.73 Å². The molecule has 4 rings (SSSR count). The smallest absolute Gasteiger partial charge is 0.278 e. The molecule has 6 nitrogen and oxygen atoms in total. The molecule has 3 aromatic heterocycles. The van der Waals surface area contributed by atoms with Crippen molar-refractivity contribution >= 4 is 22.5 Å². The van der Waals surface area contributed by atoms with Crippen molar-refractivity contribution in [3.05, 3.63) is 46.4 Å². The van der Waals surface area contributed by atoms with E-state index in [1.165, 1.54) is 10.8 Å². The fraction of sp³-hybridized carbons (Fsp3) is 0.333. The Labute approximate surface area is 138 Å². The van der Waals surface area contributed by atoms with Gasteiger partial charge >= 0.3 is 0 Å². The summed E-state index contributed by atoms with van der Waals surface area (Å²) in [6, 6.07) is 9.33. The van der Waals surface area contributed by atoms with Gasteiger partial charge in [0.05, 0.1) is 6.04 Å². The maximum absolute atomic E-state index is 12.9. The molecule has 120 valence electrons. The van der Waals surface area contributed by atoms with Crippen LogP contribution < -0.4 is 15.9 Å². The monoisotopic (exact) mass is 320 g/mol. The highest BCUT2D eigenvalue weighted by Gasteiger charge is 2.27. The van der Waals surface area contributed by atoms with Crippen LogP contribution in [0.5, 0.6) is 0 Å². The van der Waals surface area contributed by atoms with Crippen molar-refractivity contribution in [1.82, 2.24) is 9.38 Å². The number of aromatic nitrogens is 3. The number of nitrogens with two attached hydrogens (primary N) is 1. The van der Waals surface area contributed by atoms with Gasteiger partial charge in [-0.3, -0.25) is 9.20 Å². The molecule has 0 bridgehead atoms. The first-order valence-corrected chi connectivity index (χ1v) is 8.26. The van der Waals surface area contributed by atoms with Crippen molar-refractivity contribution in [2.24, 2.45) is 0 Å². The van der Waals surface area contributed by atoms with Gasteiger partial charge in [-0.2, -0.15) is 5.26 Å². The Hall–Kier alpha value is -2.94. The molecule has 2 N–H and O–H groups in total. The fourth-order valence-electron chi connectivity index (χ4n) is 3.66. The third kappa shape index (κ3) is 2.13. The van der Waals surface area contributed by atoms with Gasteiger partial charge in [0.25, 0.3) is 11.2 Å². The molecular weight excluding hydrogens is 302 g/mol. The minimum atomic E-state index is -0.170. The zero-order chi connectivity index (χ0) is 16.7. The molecule has 24 heavy (non-hydrogen) atoms. The number of fused-ring (bicyclic) bond motifs is 2. The maximum Gasteiger partial charge on any atom is 0.278 e. The second-order valence-electron chi connectivity index (χ2n) is 6.30. The molecule has 0 amide bonds. The molecule has 1 saturated carbocycles. The molecule has 1 aliphatic carbocycles. The predicted octanol–water partition coefficient (Wildman–Crippen LogP) is 2.09. The molecule has 3 heterocycles. The summed E-state index contributed by atoms with van der Waals surface area (Å²) in [5.74, 6) is 0.407. The molecule has 0 aliphatic heterocycles. The molecule has 0 spiro atoms. The number of anilines is 1. The van der Waals surface area contributed by atoms with Crippen LogP contribution in [-0.4, -0.2) is 9.38 Å². The van der Waals surface area contributed by atoms with Crippen LogP contribution in [0.15, 0.2) is 35.3 Å². The Kier molecular flexibility index (Phi) is 3.42. The van der Waals surface area contributed by atoms with Crippen molar-refractivity contribution in [1.29, 1.82) is 5.26 Å². The topological polar surface area (TPSA) is 88.1 Å². The van der Waals surface area contributed by atoms with E-state index in [4.69, 9.17) is 5.73 Å². The molecule has 0 aromatic carbocycles. The number of pyridine rings is 2. The minimum absolute atomic E-state index is 0.170. The number of hydrogen-bond donors (Lipinski definition) is 1. The van der Waals surface area contributed by atoms with E-state index >= 15 is 0 Å². The molecule has 0 atom stereocenters. The summed E-state index contributed by atoms with van der Waals surface area (Å²) < 4.78 is 3.42. The van der Waals surface area contributed by atoms with Crippen LogP contribution in [0.3, 0.4) is 0 Å². The molecule has 1 aliphatic rings. The number of nitrogens with zero attached hydrogens (tertiary/aromatic N) is 4. The van der Waals surface area contributed by atoms with Crippen molar-refractivity contribution < 1.29 is 4.57 Å². The van der Waals surface area contributed by atoms with E-state index in [0.717, 1.165) is 25.7 Å². The average Bonchev–Trinajstić information content (AvgIpc) is 2.62. The molecule has 1 fully saturated rings. The second-order valence-corrected chi connectivity index (χ2v) is 6.30. The second kappa shape index (κ2) is 5.60. The van der Waals surface area contributed by atoms with Gasteiger partial charge in [-0.1, -0.05) is 17.5 Å². The third-order valence-electron chi connectivity index (χ3n) is 4.86. The Morgan fingerprint density at radius 2 is 2.08 bits per heavy atom. The lowest BCUT2D eigenvalue weighted by Gasteiger charge is -2.23. The van der Waals surface area contributed by atoms with Gasteiger partial charge in [-0.05, 0) is 43.9 Å². The van der Waals surface area contributed by atoms with E-state index in [-0.39, 0.29) is 11.6 Å². The highest BCUT2D eigenvalue weighted by atomic mass is 16.1. The molecule has 0 radical (unpaired) electrons. The lowest BCUT2D eigenvalue weighted by molar-refractivity contribution is -0.689. The van der Waals surface area contributed by atoms with Crippen molar-refractivity contribution in [3.63, 3.8) is 0 Å². The number of hydrogen-bond acceptors (Lipinski definition) is 4. The van der Waals surface area contributed by atoms with Crippen LogP contribution in [0.1, 0.15) is 43.7 Å². The average molecular weight is 320 g/mol. The van der Waals surface area contributed by atoms with Crippen LogP contribution in [0.4, 0.5) is 5.82 Å². The summed E-state index contributed by atoms with van der Waals surface area (Å²) >= 11 is 0. The van der Waals surface area contributed by atoms with Crippen LogP contribution in [-0.2, 0) is 0 Å². The zero-order valence-electron chi connectivity index (χ0n) is 13.3. The van der Waals surface area contributed by atoms with Crippen LogP contribution in [0.2, 0.25) is 0 Å². The standard InChI is InChI=1S/C18H17N5O/c19-11-12-10-14-17(21-15-8-4-5-9-22(15)18(14)24)23(16(12)20)13-6-2-1-3-7-13/h4-5,8-10,13,20H,1-3,6-7H2/p+1. The Balaban J connectivity index is 2.13. The number of nitriles is 1. The van der Waals surface area contributed by atoms with E-state index in [0.29, 0.717) is 28.1 Å². The fourth-order valence-corrected chi connectivity index (χ4v) is 3.66. The number of nitrogen functional groups attached to an aromatic ring is 1. The molecule has 3 aromatic rings. The van der Waals surface area contributed by atoms with E-state index in [9.17, 15) is 10.1 Å². The normalized spacial score (nSPS) is 15.6. The Morgan fingerprint density at radius 1 is 1.29 bits per heavy atom. The SMILES string of the molecule is N#Cc1cc2c(=O)n3ccccc3nc2[n+](C2CCCCC2)c1N. The minimum Gasteiger partial charge on any atom is -0.317 e. The first-order chi connectivity index (χ1) is 11.7. The van der Waals surface area contributed by atoms with Crippen LogP contribution >= 0.6 is 0 Å². The third-order valence-corrected chi connectivity index (χ3v) is 4.86. The van der Waals surface area contributed by atoms with E-state index in [1.54, 1.807) is 24.4 Å². The lowest BCUT2D eigenvalue weighted by atomic mass is 9.94. The van der Waals surface area contributed by atoms with E-state index in [1.807, 2.05) is 10.6 Å². The predicted molar refractivity (Wildman–Crippen MR) is 90.4 cm³/mol. The van der Waals surface area contributed by atoms with Crippen LogP contribution in [0, 0.1) is 11.3 Å². The summed E-state index contributed by atoms with van der Waals surface area (Å²) in [4.78, 5) is 17.5. The first kappa shape index (κ1) is 14.6. The summed E-state index contributed by atoms with van der Waals surface area (Å²) in [5.41, 5.74) is 7.61. The molecule has 0 saturated heterocycles. The lowest BCUT2D eigenvalue weighted by Crippen LogP contribution is -2.46. The largest absolute Gasteiger partial charge is 0.317 e. The van der Waals surface area contributed by atoms with Crippen molar-refractivity contribution in [3.8, 4) is 6.07 Å². The molecule has 0 unspecified atom stereocenters. The summed E-state index contributed by atoms with van der Waals surface area (Å²) in [6.45, 7) is 0. The highest BCUT2D eigenvalue weighted by molar-refractivity contribution is 5.76. The van der Waals surface area contributed by atoms with Gasteiger partial charge in [0.2, 0.25) is 11.5 Å². The quantitative estimate of drug-likeness (QED) is 0.549. The highest BCUT2D eigenvalue weighted by Crippen LogP contribution is 2.27. The molecule has 6 heteroatoms. The van der Waals surface area contributed by atoms with Gasteiger partial charge in [-0.15, -0.1) is 0 Å². The van der Waals surface area contributed by atoms with Gasteiger partial charge < -0.3 is 5.73 Å².